The fourth-order valence-corrected chi connectivity index (χ4v) is 6.78. The van der Waals surface area contributed by atoms with Gasteiger partial charge < -0.3 is 14.2 Å². The van der Waals surface area contributed by atoms with Crippen LogP contribution in [0.5, 0.6) is 0 Å². The Hall–Kier alpha value is -5.29. The van der Waals surface area contributed by atoms with Crippen molar-refractivity contribution >= 4 is 5.91 Å². The normalized spacial score (nSPS) is 20.0. The minimum Gasteiger partial charge on any atom is -0.356 e. The van der Waals surface area contributed by atoms with E-state index in [1.165, 1.54) is 12.1 Å². The fraction of sp³-hybridized carbons (Fsp3) is 0.205. The Morgan fingerprint density at radius 2 is 1.27 bits per heavy atom. The van der Waals surface area contributed by atoms with Crippen LogP contribution in [-0.2, 0) is 19.8 Å². The molecule has 0 radical (unpaired) electrons. The number of halogens is 2. The Bertz CT molecular complexity index is 2050. The molecule has 248 valence electrons. The average molecular weight is 663 g/mol. The average Bonchev–Trinajstić information content (AvgIpc) is 3.56. The van der Waals surface area contributed by atoms with Crippen LogP contribution >= 0.6 is 0 Å². The summed E-state index contributed by atoms with van der Waals surface area (Å²) >= 11 is 0. The van der Waals surface area contributed by atoms with Crippen LogP contribution in [0.15, 0.2) is 149 Å². The first kappa shape index (κ1) is 32.3. The molecule has 2 aliphatic rings. The second-order valence-electron chi connectivity index (χ2n) is 12.4. The van der Waals surface area contributed by atoms with Gasteiger partial charge in [-0.1, -0.05) is 109 Å². The van der Waals surface area contributed by atoms with Crippen molar-refractivity contribution in [1.82, 2.24) is 9.13 Å². The molecule has 8 nitrogen and oxygen atoms in total. The van der Waals surface area contributed by atoms with Crippen LogP contribution < -0.4 is 11.2 Å². The van der Waals surface area contributed by atoms with Crippen LogP contribution in [0.3, 0.4) is 0 Å². The van der Waals surface area contributed by atoms with Crippen molar-refractivity contribution in [3.63, 3.8) is 0 Å². The SMILES string of the molecule is CC1(C)OC2C(COC(c3ccccc3)(c3ccccc3)c3ccccc3)=C(F)C(n3cc(F)c(=O)n(C(=O)c4ccccc4)c3=O)C2O1. The summed E-state index contributed by atoms with van der Waals surface area (Å²) in [6.45, 7) is 2.97. The van der Waals surface area contributed by atoms with Gasteiger partial charge in [0.25, 0.3) is 11.5 Å². The number of hydrogen-bond donors (Lipinski definition) is 0. The molecular formula is C39H32F2N2O6. The van der Waals surface area contributed by atoms with E-state index in [0.29, 0.717) is 10.8 Å². The third-order valence-corrected chi connectivity index (χ3v) is 8.93. The first-order valence-corrected chi connectivity index (χ1v) is 15.8. The zero-order chi connectivity index (χ0) is 34.3. The van der Waals surface area contributed by atoms with Crippen LogP contribution in [0.2, 0.25) is 0 Å². The van der Waals surface area contributed by atoms with Crippen molar-refractivity contribution in [2.75, 3.05) is 6.61 Å². The van der Waals surface area contributed by atoms with Crippen LogP contribution in [0, 0.1) is 5.82 Å². The summed E-state index contributed by atoms with van der Waals surface area (Å²) in [6.07, 6.45) is -1.58. The van der Waals surface area contributed by atoms with Gasteiger partial charge in [-0.3, -0.25) is 14.2 Å². The highest BCUT2D eigenvalue weighted by Crippen LogP contribution is 2.49. The number of benzene rings is 4. The molecule has 1 saturated heterocycles. The van der Waals surface area contributed by atoms with Crippen molar-refractivity contribution in [3.05, 3.63) is 188 Å². The summed E-state index contributed by atoms with van der Waals surface area (Å²) in [7, 11) is 0. The van der Waals surface area contributed by atoms with Crippen molar-refractivity contribution < 1.29 is 27.8 Å². The molecule has 1 fully saturated rings. The van der Waals surface area contributed by atoms with E-state index >= 15 is 8.78 Å². The number of aromatic nitrogens is 2. The zero-order valence-corrected chi connectivity index (χ0v) is 26.7. The molecule has 3 atom stereocenters. The number of nitrogens with zero attached hydrogens (tertiary/aromatic N) is 2. The van der Waals surface area contributed by atoms with Gasteiger partial charge in [0, 0.05) is 11.1 Å². The Morgan fingerprint density at radius 1 is 0.776 bits per heavy atom. The number of carbonyl (C=O) groups is 1. The Kier molecular flexibility index (Phi) is 8.32. The van der Waals surface area contributed by atoms with Crippen molar-refractivity contribution in [2.45, 2.75) is 43.5 Å². The summed E-state index contributed by atoms with van der Waals surface area (Å²) in [5, 5.41) is 0. The Labute approximate surface area is 280 Å². The van der Waals surface area contributed by atoms with E-state index in [9.17, 15) is 14.4 Å². The van der Waals surface area contributed by atoms with Gasteiger partial charge in [0.05, 0.1) is 12.8 Å². The summed E-state index contributed by atoms with van der Waals surface area (Å²) in [4.78, 5) is 40.0. The van der Waals surface area contributed by atoms with E-state index in [1.54, 1.807) is 32.0 Å². The zero-order valence-electron chi connectivity index (χ0n) is 26.7. The molecule has 0 N–H and O–H groups in total. The molecule has 3 unspecified atom stereocenters. The lowest BCUT2D eigenvalue weighted by Crippen LogP contribution is -2.47. The molecule has 2 heterocycles. The maximum atomic E-state index is 16.9. The molecule has 0 saturated carbocycles. The molecule has 0 amide bonds. The number of rotatable bonds is 8. The highest BCUT2D eigenvalue weighted by Gasteiger charge is 2.56. The first-order chi connectivity index (χ1) is 23.6. The van der Waals surface area contributed by atoms with Gasteiger partial charge in [0.15, 0.2) is 5.79 Å². The molecule has 49 heavy (non-hydrogen) atoms. The lowest BCUT2D eigenvalue weighted by atomic mass is 9.80. The summed E-state index contributed by atoms with van der Waals surface area (Å²) in [6, 6.07) is 34.5. The maximum absolute atomic E-state index is 16.9. The van der Waals surface area contributed by atoms with Crippen molar-refractivity contribution in [2.24, 2.45) is 0 Å². The Morgan fingerprint density at radius 3 is 1.78 bits per heavy atom. The van der Waals surface area contributed by atoms with Gasteiger partial charge in [0.2, 0.25) is 5.82 Å². The minimum absolute atomic E-state index is 0.0195. The topological polar surface area (TPSA) is 88.8 Å². The molecule has 7 rings (SSSR count). The van der Waals surface area contributed by atoms with Crippen LogP contribution in [0.1, 0.15) is 46.9 Å². The fourth-order valence-electron chi connectivity index (χ4n) is 6.78. The summed E-state index contributed by atoms with van der Waals surface area (Å²) in [5.74, 6) is -4.53. The van der Waals surface area contributed by atoms with Crippen molar-refractivity contribution in [1.29, 1.82) is 0 Å². The van der Waals surface area contributed by atoms with E-state index in [2.05, 4.69) is 0 Å². The smallest absolute Gasteiger partial charge is 0.339 e. The quantitative estimate of drug-likeness (QED) is 0.186. The van der Waals surface area contributed by atoms with E-state index in [1.807, 2.05) is 91.0 Å². The predicted octanol–water partition coefficient (Wildman–Crippen LogP) is 6.14. The first-order valence-electron chi connectivity index (χ1n) is 15.8. The second kappa shape index (κ2) is 12.6. The molecule has 0 bridgehead atoms. The monoisotopic (exact) mass is 662 g/mol. The van der Waals surface area contributed by atoms with E-state index in [4.69, 9.17) is 14.2 Å². The number of ether oxygens (including phenoxy) is 3. The molecule has 4 aromatic carbocycles. The summed E-state index contributed by atoms with van der Waals surface area (Å²) in [5.41, 5.74) is -1.49. The van der Waals surface area contributed by atoms with Gasteiger partial charge in [-0.05, 0) is 42.7 Å². The predicted molar refractivity (Wildman–Crippen MR) is 177 cm³/mol. The lowest BCUT2D eigenvalue weighted by Gasteiger charge is -2.36. The number of fused-ring (bicyclic) bond motifs is 1. The molecule has 0 spiro atoms. The molecular weight excluding hydrogens is 630 g/mol. The van der Waals surface area contributed by atoms with Crippen LogP contribution in [0.4, 0.5) is 8.78 Å². The number of hydrogen-bond acceptors (Lipinski definition) is 6. The van der Waals surface area contributed by atoms with Gasteiger partial charge in [-0.15, -0.1) is 0 Å². The standard InChI is InChI=1S/C39H32F2N2O6/c1-38(2)48-33-29(24-47-39(26-17-9-4-10-18-26,27-19-11-5-12-20-27)28-21-13-6-14-22-28)31(41)32(34(33)49-38)42-23-30(40)36(45)43(37(42)46)35(44)25-15-7-3-8-16-25/h3-23,32-34H,24H2,1-2H3. The molecule has 5 aromatic rings. The van der Waals surface area contributed by atoms with Gasteiger partial charge in [-0.25, -0.2) is 9.18 Å². The minimum atomic E-state index is -1.57. The van der Waals surface area contributed by atoms with E-state index in [-0.39, 0.29) is 22.3 Å². The molecule has 1 aliphatic heterocycles. The molecule has 1 aliphatic carbocycles. The highest BCUT2D eigenvalue weighted by atomic mass is 19.1. The van der Waals surface area contributed by atoms with Gasteiger partial charge in [0.1, 0.15) is 29.7 Å². The van der Waals surface area contributed by atoms with Gasteiger partial charge in [-0.2, -0.15) is 8.96 Å². The van der Waals surface area contributed by atoms with E-state index < -0.39 is 58.4 Å². The maximum Gasteiger partial charge on any atom is 0.339 e. The highest BCUT2D eigenvalue weighted by molar-refractivity contribution is 5.95. The number of carbonyl (C=O) groups excluding carboxylic acids is 1. The van der Waals surface area contributed by atoms with Crippen molar-refractivity contribution in [3.8, 4) is 0 Å². The van der Waals surface area contributed by atoms with Crippen LogP contribution in [0.25, 0.3) is 0 Å². The third kappa shape index (κ3) is 5.57. The third-order valence-electron chi connectivity index (χ3n) is 8.93. The van der Waals surface area contributed by atoms with E-state index in [0.717, 1.165) is 16.7 Å². The van der Waals surface area contributed by atoms with Crippen LogP contribution in [-0.4, -0.2) is 39.6 Å². The van der Waals surface area contributed by atoms with Gasteiger partial charge >= 0.3 is 5.69 Å². The lowest BCUT2D eigenvalue weighted by molar-refractivity contribution is -0.150. The summed E-state index contributed by atoms with van der Waals surface area (Å²) < 4.78 is 52.3. The Balaban J connectivity index is 1.36. The second-order valence-corrected chi connectivity index (χ2v) is 12.4. The largest absolute Gasteiger partial charge is 0.356 e. The molecule has 10 heteroatoms. The molecule has 1 aromatic heterocycles.